The van der Waals surface area contributed by atoms with Crippen LogP contribution in [0, 0.1) is 0 Å². The first-order valence-electron chi connectivity index (χ1n) is 13.5. The number of carbonyl (C=O) groups excluding carboxylic acids is 2. The lowest BCUT2D eigenvalue weighted by Crippen LogP contribution is -2.40. The van der Waals surface area contributed by atoms with Crippen LogP contribution < -0.4 is 15.8 Å². The molecule has 2 amide bonds. The fraction of sp³-hybridized carbons (Fsp3) is 0.355. The zero-order valence-corrected chi connectivity index (χ0v) is 22.6. The number of amides is 2. The maximum absolute atomic E-state index is 14.1. The summed E-state index contributed by atoms with van der Waals surface area (Å²) in [6, 6.07) is 17.7. The number of hydrogen-bond acceptors (Lipinski definition) is 5. The monoisotopic (exact) mass is 528 g/mol. The summed E-state index contributed by atoms with van der Waals surface area (Å²) in [5.74, 6) is 0.323. The fourth-order valence-corrected chi connectivity index (χ4v) is 5.54. The lowest BCUT2D eigenvalue weighted by Gasteiger charge is -2.28. The molecule has 4 rings (SSSR count). The molecular formula is C31H36N4O4. The van der Waals surface area contributed by atoms with Gasteiger partial charge in [-0.3, -0.25) is 19.1 Å². The van der Waals surface area contributed by atoms with Gasteiger partial charge in [-0.05, 0) is 37.0 Å². The van der Waals surface area contributed by atoms with Gasteiger partial charge in [-0.1, -0.05) is 81.3 Å². The molecule has 8 heteroatoms. The Kier molecular flexibility index (Phi) is 8.96. The number of hydrogen-bond donors (Lipinski definition) is 1. The van der Waals surface area contributed by atoms with Crippen molar-refractivity contribution < 1.29 is 14.3 Å². The average Bonchev–Trinajstić information content (AvgIpc) is 3.27. The summed E-state index contributed by atoms with van der Waals surface area (Å²) in [6.45, 7) is 8.06. The SMILES string of the molecule is C=CCN(C(=O)OCc1ccccc1)c1cnc2n(c1=O)[C@H](C(=O)Nc1ccccc1)CC2(CCC)CCC. The number of ether oxygens (including phenoxy) is 1. The highest BCUT2D eigenvalue weighted by atomic mass is 16.6. The van der Waals surface area contributed by atoms with Crippen molar-refractivity contribution in [3.8, 4) is 0 Å². The van der Waals surface area contributed by atoms with Gasteiger partial charge in [-0.15, -0.1) is 6.58 Å². The van der Waals surface area contributed by atoms with Crippen molar-refractivity contribution in [2.45, 2.75) is 64.0 Å². The summed E-state index contributed by atoms with van der Waals surface area (Å²) in [4.78, 5) is 46.8. The second-order valence-corrected chi connectivity index (χ2v) is 9.94. The Morgan fingerprint density at radius 1 is 1.10 bits per heavy atom. The Bertz CT molecular complexity index is 1350. The van der Waals surface area contributed by atoms with Gasteiger partial charge in [0.25, 0.3) is 5.56 Å². The Morgan fingerprint density at radius 2 is 1.74 bits per heavy atom. The molecule has 1 aliphatic heterocycles. The Balaban J connectivity index is 1.73. The predicted octanol–water partition coefficient (Wildman–Crippen LogP) is 5.99. The number of benzene rings is 2. The van der Waals surface area contributed by atoms with Crippen molar-refractivity contribution in [3.05, 3.63) is 101 Å². The van der Waals surface area contributed by atoms with Gasteiger partial charge in [0.15, 0.2) is 0 Å². The molecular weight excluding hydrogens is 492 g/mol. The zero-order chi connectivity index (χ0) is 27.8. The van der Waals surface area contributed by atoms with E-state index in [0.29, 0.717) is 17.9 Å². The standard InChI is InChI=1S/C31H36N4O4/c1-4-17-31(18-5-2)20-25(27(36)33-24-15-11-8-12-16-24)35-28(37)26(21-32-29(31)35)34(19-6-3)30(38)39-22-23-13-9-7-10-14-23/h6-16,21,25H,3-5,17-20,22H2,1-2H3,(H,33,36)/t25-/m0/s1. The molecule has 0 saturated carbocycles. The van der Waals surface area contributed by atoms with Crippen LogP contribution in [-0.4, -0.2) is 28.1 Å². The summed E-state index contributed by atoms with van der Waals surface area (Å²) in [7, 11) is 0. The molecule has 1 aromatic heterocycles. The van der Waals surface area contributed by atoms with Gasteiger partial charge in [0.05, 0.1) is 6.20 Å². The molecule has 39 heavy (non-hydrogen) atoms. The van der Waals surface area contributed by atoms with Crippen LogP contribution in [0.25, 0.3) is 0 Å². The first-order chi connectivity index (χ1) is 18.9. The fourth-order valence-electron chi connectivity index (χ4n) is 5.54. The summed E-state index contributed by atoms with van der Waals surface area (Å²) in [5, 5.41) is 2.96. The van der Waals surface area contributed by atoms with E-state index in [1.165, 1.54) is 21.7 Å². The highest BCUT2D eigenvalue weighted by Crippen LogP contribution is 2.46. The molecule has 0 bridgehead atoms. The minimum atomic E-state index is -0.760. The van der Waals surface area contributed by atoms with Gasteiger partial charge in [0.1, 0.15) is 24.2 Å². The van der Waals surface area contributed by atoms with E-state index >= 15 is 0 Å². The maximum Gasteiger partial charge on any atom is 0.415 e. The number of nitrogens with one attached hydrogen (secondary N) is 1. The highest BCUT2D eigenvalue weighted by Gasteiger charge is 2.48. The van der Waals surface area contributed by atoms with E-state index in [-0.39, 0.29) is 24.7 Å². The molecule has 0 fully saturated rings. The van der Waals surface area contributed by atoms with E-state index in [2.05, 4.69) is 25.7 Å². The first kappa shape index (κ1) is 27.8. The second kappa shape index (κ2) is 12.6. The molecule has 204 valence electrons. The van der Waals surface area contributed by atoms with E-state index in [9.17, 15) is 14.4 Å². The van der Waals surface area contributed by atoms with E-state index in [4.69, 9.17) is 9.72 Å². The lowest BCUT2D eigenvalue weighted by atomic mass is 9.76. The highest BCUT2D eigenvalue weighted by molar-refractivity contribution is 5.94. The van der Waals surface area contributed by atoms with Crippen molar-refractivity contribution in [1.82, 2.24) is 9.55 Å². The smallest absolute Gasteiger partial charge is 0.415 e. The third kappa shape index (κ3) is 5.95. The summed E-state index contributed by atoms with van der Waals surface area (Å²) in [6.07, 6.45) is 6.14. The number of rotatable bonds is 11. The van der Waals surface area contributed by atoms with Gasteiger partial charge in [-0.25, -0.2) is 9.78 Å². The number of fused-ring (bicyclic) bond motifs is 1. The maximum atomic E-state index is 14.1. The first-order valence-corrected chi connectivity index (χ1v) is 13.5. The minimum Gasteiger partial charge on any atom is -0.444 e. The number of anilines is 2. The third-order valence-corrected chi connectivity index (χ3v) is 7.17. The molecule has 8 nitrogen and oxygen atoms in total. The Labute approximate surface area is 229 Å². The van der Waals surface area contributed by atoms with Crippen LogP contribution in [0.2, 0.25) is 0 Å². The summed E-state index contributed by atoms with van der Waals surface area (Å²) < 4.78 is 7.03. The van der Waals surface area contributed by atoms with E-state index in [1.54, 1.807) is 0 Å². The molecule has 0 radical (unpaired) electrons. The molecule has 0 aliphatic carbocycles. The van der Waals surface area contributed by atoms with Gasteiger partial charge in [-0.2, -0.15) is 0 Å². The topological polar surface area (TPSA) is 93.5 Å². The molecule has 1 N–H and O–H groups in total. The van der Waals surface area contributed by atoms with E-state index < -0.39 is 23.1 Å². The van der Waals surface area contributed by atoms with Gasteiger partial charge in [0, 0.05) is 17.6 Å². The van der Waals surface area contributed by atoms with Crippen molar-refractivity contribution in [1.29, 1.82) is 0 Å². The molecule has 1 atom stereocenters. The molecule has 0 unspecified atom stereocenters. The summed E-state index contributed by atoms with van der Waals surface area (Å²) >= 11 is 0. The summed E-state index contributed by atoms with van der Waals surface area (Å²) in [5.41, 5.74) is 0.688. The molecule has 2 heterocycles. The Hall–Kier alpha value is -4.20. The van der Waals surface area contributed by atoms with Gasteiger partial charge < -0.3 is 10.1 Å². The number of para-hydroxylation sites is 1. The van der Waals surface area contributed by atoms with Gasteiger partial charge >= 0.3 is 6.09 Å². The van der Waals surface area contributed by atoms with Crippen molar-refractivity contribution in [2.24, 2.45) is 0 Å². The van der Waals surface area contributed by atoms with Crippen LogP contribution in [-0.2, 0) is 21.6 Å². The molecule has 2 aromatic carbocycles. The van der Waals surface area contributed by atoms with Crippen molar-refractivity contribution in [3.63, 3.8) is 0 Å². The largest absolute Gasteiger partial charge is 0.444 e. The molecule has 0 saturated heterocycles. The number of carbonyl (C=O) groups is 2. The molecule has 1 aliphatic rings. The van der Waals surface area contributed by atoms with Crippen LogP contribution in [0.4, 0.5) is 16.2 Å². The van der Waals surface area contributed by atoms with Crippen molar-refractivity contribution in [2.75, 3.05) is 16.8 Å². The van der Waals surface area contributed by atoms with E-state index in [0.717, 1.165) is 31.2 Å². The van der Waals surface area contributed by atoms with Crippen LogP contribution in [0.1, 0.15) is 63.4 Å². The van der Waals surface area contributed by atoms with Crippen LogP contribution in [0.15, 0.2) is 84.3 Å². The number of nitrogens with zero attached hydrogens (tertiary/aromatic N) is 3. The third-order valence-electron chi connectivity index (χ3n) is 7.17. The normalized spacial score (nSPS) is 15.3. The van der Waals surface area contributed by atoms with E-state index in [1.807, 2.05) is 60.7 Å². The lowest BCUT2D eigenvalue weighted by molar-refractivity contribution is -0.119. The van der Waals surface area contributed by atoms with Crippen LogP contribution in [0.3, 0.4) is 0 Å². The van der Waals surface area contributed by atoms with Crippen LogP contribution >= 0.6 is 0 Å². The zero-order valence-electron chi connectivity index (χ0n) is 22.6. The predicted molar refractivity (Wildman–Crippen MR) is 153 cm³/mol. The van der Waals surface area contributed by atoms with Crippen molar-refractivity contribution >= 4 is 23.4 Å². The molecule has 3 aromatic rings. The second-order valence-electron chi connectivity index (χ2n) is 9.94. The minimum absolute atomic E-state index is 0.0537. The van der Waals surface area contributed by atoms with Gasteiger partial charge in [0.2, 0.25) is 5.91 Å². The molecule has 0 spiro atoms. The van der Waals surface area contributed by atoms with Crippen LogP contribution in [0.5, 0.6) is 0 Å². The Morgan fingerprint density at radius 3 is 2.36 bits per heavy atom. The average molecular weight is 529 g/mol. The quantitative estimate of drug-likeness (QED) is 0.308. The number of aromatic nitrogens is 2.